The molecule has 21 heavy (non-hydrogen) atoms. The van der Waals surface area contributed by atoms with Crippen LogP contribution in [0, 0.1) is 6.92 Å². The van der Waals surface area contributed by atoms with Crippen LogP contribution in [0.25, 0.3) is 10.6 Å². The lowest BCUT2D eigenvalue weighted by Crippen LogP contribution is -1.98. The van der Waals surface area contributed by atoms with Crippen molar-refractivity contribution in [3.8, 4) is 10.6 Å². The van der Waals surface area contributed by atoms with Crippen LogP contribution in [0.15, 0.2) is 41.8 Å². The predicted octanol–water partition coefficient (Wildman–Crippen LogP) is 3.57. The molecule has 0 aliphatic carbocycles. The SMILES string of the molecule is Cc1csc(-c2n[nH]c(CCO)c2Cc2ccccc2)c1. The lowest BCUT2D eigenvalue weighted by Gasteiger charge is -2.05. The van der Waals surface area contributed by atoms with Crippen LogP contribution in [0.3, 0.4) is 0 Å². The van der Waals surface area contributed by atoms with Gasteiger partial charge in [0, 0.05) is 30.7 Å². The largest absolute Gasteiger partial charge is 0.396 e. The summed E-state index contributed by atoms with van der Waals surface area (Å²) in [5.41, 5.74) is 5.75. The Bertz CT molecular complexity index is 715. The third-order valence-electron chi connectivity index (χ3n) is 3.50. The molecule has 0 amide bonds. The van der Waals surface area contributed by atoms with Crippen LogP contribution in [-0.2, 0) is 12.8 Å². The van der Waals surface area contributed by atoms with E-state index in [4.69, 9.17) is 0 Å². The molecule has 0 atom stereocenters. The minimum atomic E-state index is 0.132. The van der Waals surface area contributed by atoms with Crippen molar-refractivity contribution in [1.29, 1.82) is 0 Å². The lowest BCUT2D eigenvalue weighted by atomic mass is 10.0. The van der Waals surface area contributed by atoms with E-state index in [-0.39, 0.29) is 6.61 Å². The van der Waals surface area contributed by atoms with Crippen molar-refractivity contribution in [3.63, 3.8) is 0 Å². The van der Waals surface area contributed by atoms with Gasteiger partial charge >= 0.3 is 0 Å². The fourth-order valence-corrected chi connectivity index (χ4v) is 3.38. The molecule has 0 unspecified atom stereocenters. The average Bonchev–Trinajstić information content (AvgIpc) is 3.08. The lowest BCUT2D eigenvalue weighted by molar-refractivity contribution is 0.298. The zero-order valence-electron chi connectivity index (χ0n) is 12.0. The Morgan fingerprint density at radius 2 is 2.05 bits per heavy atom. The first-order valence-corrected chi connectivity index (χ1v) is 7.92. The fourth-order valence-electron chi connectivity index (χ4n) is 2.47. The van der Waals surface area contributed by atoms with Gasteiger partial charge in [-0.05, 0) is 29.5 Å². The molecule has 108 valence electrons. The molecule has 0 bridgehead atoms. The van der Waals surface area contributed by atoms with Crippen molar-refractivity contribution in [2.75, 3.05) is 6.61 Å². The van der Waals surface area contributed by atoms with Crippen LogP contribution in [0.1, 0.15) is 22.4 Å². The molecule has 0 saturated heterocycles. The second kappa shape index (κ2) is 6.24. The second-order valence-corrected chi connectivity index (χ2v) is 6.06. The number of H-pyrrole nitrogens is 1. The highest BCUT2D eigenvalue weighted by atomic mass is 32.1. The van der Waals surface area contributed by atoms with Crippen LogP contribution in [0.4, 0.5) is 0 Å². The molecule has 0 aliphatic heterocycles. The Hall–Kier alpha value is -1.91. The molecular weight excluding hydrogens is 280 g/mol. The summed E-state index contributed by atoms with van der Waals surface area (Å²) in [6.07, 6.45) is 1.44. The molecule has 0 saturated carbocycles. The minimum Gasteiger partial charge on any atom is -0.396 e. The highest BCUT2D eigenvalue weighted by Gasteiger charge is 2.16. The molecule has 0 radical (unpaired) electrons. The molecule has 0 spiro atoms. The third-order valence-corrected chi connectivity index (χ3v) is 4.56. The van der Waals surface area contributed by atoms with Gasteiger partial charge in [-0.1, -0.05) is 30.3 Å². The summed E-state index contributed by atoms with van der Waals surface area (Å²) in [7, 11) is 0. The van der Waals surface area contributed by atoms with E-state index in [1.54, 1.807) is 11.3 Å². The number of aryl methyl sites for hydroxylation is 1. The zero-order chi connectivity index (χ0) is 14.7. The molecule has 3 nitrogen and oxygen atoms in total. The summed E-state index contributed by atoms with van der Waals surface area (Å²) in [6.45, 7) is 2.23. The number of hydrogen-bond acceptors (Lipinski definition) is 3. The number of hydrogen-bond donors (Lipinski definition) is 2. The van der Waals surface area contributed by atoms with Gasteiger partial charge < -0.3 is 5.11 Å². The first-order chi connectivity index (χ1) is 10.3. The molecule has 2 aromatic heterocycles. The molecule has 2 N–H and O–H groups in total. The van der Waals surface area contributed by atoms with Crippen molar-refractivity contribution in [1.82, 2.24) is 10.2 Å². The van der Waals surface area contributed by atoms with Gasteiger partial charge in [0.1, 0.15) is 5.69 Å². The first-order valence-electron chi connectivity index (χ1n) is 7.04. The van der Waals surface area contributed by atoms with E-state index in [1.165, 1.54) is 21.6 Å². The molecule has 0 aliphatic rings. The van der Waals surface area contributed by atoms with E-state index < -0.39 is 0 Å². The number of benzene rings is 1. The van der Waals surface area contributed by atoms with Crippen molar-refractivity contribution in [3.05, 3.63) is 64.2 Å². The quantitative estimate of drug-likeness (QED) is 0.756. The summed E-state index contributed by atoms with van der Waals surface area (Å²) in [5.74, 6) is 0. The molecule has 3 aromatic rings. The number of nitrogens with zero attached hydrogens (tertiary/aromatic N) is 1. The summed E-state index contributed by atoms with van der Waals surface area (Å²) in [6, 6.07) is 12.5. The van der Waals surface area contributed by atoms with Crippen LogP contribution in [0.2, 0.25) is 0 Å². The Labute approximate surface area is 128 Å². The molecule has 4 heteroatoms. The van der Waals surface area contributed by atoms with E-state index in [9.17, 15) is 5.11 Å². The number of nitrogens with one attached hydrogen (secondary N) is 1. The summed E-state index contributed by atoms with van der Waals surface area (Å²) in [4.78, 5) is 1.18. The van der Waals surface area contributed by atoms with E-state index in [0.29, 0.717) is 6.42 Å². The van der Waals surface area contributed by atoms with Crippen molar-refractivity contribution in [2.24, 2.45) is 0 Å². The van der Waals surface area contributed by atoms with E-state index in [0.717, 1.165) is 17.8 Å². The Balaban J connectivity index is 2.01. The predicted molar refractivity (Wildman–Crippen MR) is 86.7 cm³/mol. The maximum Gasteiger partial charge on any atom is 0.106 e. The zero-order valence-corrected chi connectivity index (χ0v) is 12.8. The van der Waals surface area contributed by atoms with Crippen LogP contribution >= 0.6 is 11.3 Å². The van der Waals surface area contributed by atoms with Gasteiger partial charge in [0.05, 0.1) is 4.88 Å². The fraction of sp³-hybridized carbons (Fsp3) is 0.235. The molecule has 1 aromatic carbocycles. The van der Waals surface area contributed by atoms with Gasteiger partial charge in [0.2, 0.25) is 0 Å². The molecular formula is C17H18N2OS. The van der Waals surface area contributed by atoms with E-state index >= 15 is 0 Å². The smallest absolute Gasteiger partial charge is 0.106 e. The normalized spacial score (nSPS) is 11.0. The summed E-state index contributed by atoms with van der Waals surface area (Å²) in [5, 5.41) is 19.0. The second-order valence-electron chi connectivity index (χ2n) is 5.15. The molecule has 2 heterocycles. The van der Waals surface area contributed by atoms with Crippen molar-refractivity contribution < 1.29 is 5.11 Å². The van der Waals surface area contributed by atoms with Crippen LogP contribution in [-0.4, -0.2) is 21.9 Å². The topological polar surface area (TPSA) is 48.9 Å². The van der Waals surface area contributed by atoms with Crippen LogP contribution in [0.5, 0.6) is 0 Å². The maximum absolute atomic E-state index is 9.25. The monoisotopic (exact) mass is 298 g/mol. The Morgan fingerprint density at radius 3 is 2.71 bits per heavy atom. The first kappa shape index (κ1) is 14.0. The van der Waals surface area contributed by atoms with Gasteiger partial charge in [-0.25, -0.2) is 0 Å². The van der Waals surface area contributed by atoms with Crippen LogP contribution < -0.4 is 0 Å². The standard InChI is InChI=1S/C17H18N2OS/c1-12-9-16(21-11-12)17-14(15(7-8-20)18-19-17)10-13-5-3-2-4-6-13/h2-6,9,11,20H,7-8,10H2,1H3,(H,18,19). The van der Waals surface area contributed by atoms with E-state index in [2.05, 4.69) is 52.8 Å². The third kappa shape index (κ3) is 3.06. The minimum absolute atomic E-state index is 0.132. The summed E-state index contributed by atoms with van der Waals surface area (Å²) < 4.78 is 0. The average molecular weight is 298 g/mol. The molecule has 3 rings (SSSR count). The van der Waals surface area contributed by atoms with E-state index in [1.807, 2.05) is 6.07 Å². The Kier molecular flexibility index (Phi) is 4.18. The van der Waals surface area contributed by atoms with Crippen molar-refractivity contribution in [2.45, 2.75) is 19.8 Å². The number of thiophene rings is 1. The van der Waals surface area contributed by atoms with Gasteiger partial charge in [0.25, 0.3) is 0 Å². The highest BCUT2D eigenvalue weighted by molar-refractivity contribution is 7.13. The highest BCUT2D eigenvalue weighted by Crippen LogP contribution is 2.31. The summed E-state index contributed by atoms with van der Waals surface area (Å²) >= 11 is 1.71. The molecule has 0 fully saturated rings. The van der Waals surface area contributed by atoms with Gasteiger partial charge in [-0.2, -0.15) is 5.10 Å². The maximum atomic E-state index is 9.25. The van der Waals surface area contributed by atoms with Gasteiger partial charge in [0.15, 0.2) is 0 Å². The number of aromatic amines is 1. The number of rotatable bonds is 5. The van der Waals surface area contributed by atoms with Crippen molar-refractivity contribution >= 4 is 11.3 Å². The van der Waals surface area contributed by atoms with Gasteiger partial charge in [-0.15, -0.1) is 11.3 Å². The van der Waals surface area contributed by atoms with Gasteiger partial charge in [-0.3, -0.25) is 5.10 Å². The Morgan fingerprint density at radius 1 is 1.24 bits per heavy atom. The number of aliphatic hydroxyl groups excluding tert-OH is 1. The number of aliphatic hydroxyl groups is 1. The number of aromatic nitrogens is 2.